The van der Waals surface area contributed by atoms with Crippen LogP contribution in [0.4, 0.5) is 5.13 Å². The number of carbonyl (C=O) groups is 3. The quantitative estimate of drug-likeness (QED) is 0.459. The summed E-state index contributed by atoms with van der Waals surface area (Å²) >= 11 is 8.39. The van der Waals surface area contributed by atoms with Gasteiger partial charge in [-0.05, 0) is 50.3 Å². The van der Waals surface area contributed by atoms with E-state index in [1.54, 1.807) is 12.1 Å². The zero-order chi connectivity index (χ0) is 26.6. The Bertz CT molecular complexity index is 1290. The van der Waals surface area contributed by atoms with E-state index in [2.05, 4.69) is 20.2 Å². The molecule has 2 aliphatic rings. The molecule has 15 heteroatoms. The molecule has 2 saturated heterocycles. The van der Waals surface area contributed by atoms with Crippen LogP contribution in [0.25, 0.3) is 6.08 Å². The number of aryl methyl sites for hydroxylation is 1. The third-order valence-corrected chi connectivity index (χ3v) is 9.33. The van der Waals surface area contributed by atoms with Crippen LogP contribution >= 0.6 is 34.3 Å². The Morgan fingerprint density at radius 2 is 1.97 bits per heavy atom. The highest BCUT2D eigenvalue weighted by Crippen LogP contribution is 2.24. The summed E-state index contributed by atoms with van der Waals surface area (Å²) in [6.07, 6.45) is 4.17. The number of hydrogen-bond donors (Lipinski definition) is 2. The number of nitrogens with one attached hydrogen (secondary N) is 2. The number of carbonyl (C=O) groups excluding carboxylic acids is 3. The normalized spacial score (nSPS) is 20.6. The van der Waals surface area contributed by atoms with Gasteiger partial charge in [0.05, 0.1) is 10.9 Å². The predicted molar refractivity (Wildman–Crippen MR) is 143 cm³/mol. The molecule has 3 amide bonds. The lowest BCUT2D eigenvalue weighted by atomic mass is 10.1. The molecule has 2 fully saturated rings. The third kappa shape index (κ3) is 7.13. The van der Waals surface area contributed by atoms with Gasteiger partial charge in [0.1, 0.15) is 17.1 Å². The van der Waals surface area contributed by atoms with Crippen molar-refractivity contribution in [1.29, 1.82) is 0 Å². The number of sulfonamides is 1. The molecular formula is C22H27ClN6O5S3. The number of hydrogen-bond acceptors (Lipinski definition) is 9. The van der Waals surface area contributed by atoms with Gasteiger partial charge in [-0.2, -0.15) is 4.72 Å². The Balaban J connectivity index is 1.34. The van der Waals surface area contributed by atoms with Gasteiger partial charge in [-0.3, -0.25) is 19.7 Å². The summed E-state index contributed by atoms with van der Waals surface area (Å²) in [6.45, 7) is 2.47. The Labute approximate surface area is 227 Å². The van der Waals surface area contributed by atoms with E-state index in [4.69, 9.17) is 11.6 Å². The molecule has 2 atom stereocenters. The summed E-state index contributed by atoms with van der Waals surface area (Å²) in [7, 11) is -3.89. The molecule has 200 valence electrons. The lowest BCUT2D eigenvalue weighted by molar-refractivity contribution is -0.144. The molecule has 2 aromatic rings. The first kappa shape index (κ1) is 27.6. The highest BCUT2D eigenvalue weighted by atomic mass is 35.5. The molecule has 4 rings (SSSR count). The number of thiophene rings is 1. The van der Waals surface area contributed by atoms with Crippen molar-refractivity contribution in [3.63, 3.8) is 0 Å². The maximum atomic E-state index is 13.1. The third-order valence-electron chi connectivity index (χ3n) is 6.04. The van der Waals surface area contributed by atoms with E-state index in [9.17, 15) is 22.8 Å². The van der Waals surface area contributed by atoms with Crippen molar-refractivity contribution >= 4 is 73.2 Å². The topological polar surface area (TPSA) is 142 Å². The van der Waals surface area contributed by atoms with Crippen LogP contribution < -0.4 is 10.0 Å². The van der Waals surface area contributed by atoms with Crippen molar-refractivity contribution in [3.8, 4) is 0 Å². The van der Waals surface area contributed by atoms with Crippen LogP contribution in [0.3, 0.4) is 0 Å². The summed E-state index contributed by atoms with van der Waals surface area (Å²) in [5.74, 6) is -1.15. The lowest BCUT2D eigenvalue weighted by Gasteiger charge is -2.33. The SMILES string of the molecule is CCc1nnc(NC(=O)C2CCCN2C(=O)CN2CCCC(NS(=O)(=O)/C=C/c3ccc(Cl)s3)C2=O)s1. The number of amides is 3. The van der Waals surface area contributed by atoms with Gasteiger partial charge in [0.15, 0.2) is 0 Å². The van der Waals surface area contributed by atoms with E-state index in [0.29, 0.717) is 59.5 Å². The molecule has 0 spiro atoms. The van der Waals surface area contributed by atoms with E-state index in [1.165, 1.54) is 38.5 Å². The second-order valence-electron chi connectivity index (χ2n) is 8.65. The van der Waals surface area contributed by atoms with Crippen LogP contribution in [-0.2, 0) is 30.8 Å². The van der Waals surface area contributed by atoms with Crippen molar-refractivity contribution in [3.05, 3.63) is 31.8 Å². The average Bonchev–Trinajstić information content (AvgIpc) is 3.61. The molecular weight excluding hydrogens is 560 g/mol. The Kier molecular flexibility index (Phi) is 8.95. The van der Waals surface area contributed by atoms with Crippen molar-refractivity contribution in [1.82, 2.24) is 24.7 Å². The second-order valence-corrected chi connectivity index (χ2v) is 13.1. The molecule has 2 N–H and O–H groups in total. The Hall–Kier alpha value is -2.39. The monoisotopic (exact) mass is 586 g/mol. The number of anilines is 1. The Morgan fingerprint density at radius 3 is 2.68 bits per heavy atom. The highest BCUT2D eigenvalue weighted by molar-refractivity contribution is 7.92. The van der Waals surface area contributed by atoms with E-state index in [-0.39, 0.29) is 18.4 Å². The van der Waals surface area contributed by atoms with E-state index in [0.717, 1.165) is 10.4 Å². The van der Waals surface area contributed by atoms with E-state index in [1.807, 2.05) is 6.92 Å². The summed E-state index contributed by atoms with van der Waals surface area (Å²) in [4.78, 5) is 42.4. The highest BCUT2D eigenvalue weighted by Gasteiger charge is 2.37. The molecule has 2 aliphatic heterocycles. The van der Waals surface area contributed by atoms with Gasteiger partial charge in [0.2, 0.25) is 32.9 Å². The molecule has 0 bridgehead atoms. The van der Waals surface area contributed by atoms with Gasteiger partial charge in [0.25, 0.3) is 0 Å². The fourth-order valence-corrected chi connectivity index (χ4v) is 7.00. The molecule has 2 aromatic heterocycles. The summed E-state index contributed by atoms with van der Waals surface area (Å²) in [5, 5.41) is 12.9. The first-order chi connectivity index (χ1) is 17.6. The number of piperidine rings is 1. The van der Waals surface area contributed by atoms with Gasteiger partial charge < -0.3 is 9.80 Å². The number of halogens is 1. The minimum absolute atomic E-state index is 0.219. The zero-order valence-electron chi connectivity index (χ0n) is 20.1. The summed E-state index contributed by atoms with van der Waals surface area (Å²) in [5.41, 5.74) is 0. The first-order valence-electron chi connectivity index (χ1n) is 11.8. The van der Waals surface area contributed by atoms with Gasteiger partial charge in [-0.15, -0.1) is 21.5 Å². The number of aromatic nitrogens is 2. The van der Waals surface area contributed by atoms with Crippen molar-refractivity contribution in [2.24, 2.45) is 0 Å². The molecule has 11 nitrogen and oxygen atoms in total. The number of rotatable bonds is 9. The summed E-state index contributed by atoms with van der Waals surface area (Å²) in [6, 6.07) is 1.73. The van der Waals surface area contributed by atoms with Gasteiger partial charge in [-0.1, -0.05) is 29.9 Å². The number of likely N-dealkylation sites (tertiary alicyclic amines) is 2. The zero-order valence-corrected chi connectivity index (χ0v) is 23.3. The first-order valence-corrected chi connectivity index (χ1v) is 15.4. The summed E-state index contributed by atoms with van der Waals surface area (Å²) < 4.78 is 28.0. The van der Waals surface area contributed by atoms with Crippen molar-refractivity contribution < 1.29 is 22.8 Å². The fraction of sp³-hybridized carbons (Fsp3) is 0.500. The van der Waals surface area contributed by atoms with E-state index >= 15 is 0 Å². The van der Waals surface area contributed by atoms with Crippen LogP contribution in [-0.4, -0.2) is 77.9 Å². The largest absolute Gasteiger partial charge is 0.332 e. The average molecular weight is 587 g/mol. The molecule has 37 heavy (non-hydrogen) atoms. The molecule has 2 unspecified atom stereocenters. The fourth-order valence-electron chi connectivity index (χ4n) is 4.25. The minimum Gasteiger partial charge on any atom is -0.332 e. The van der Waals surface area contributed by atoms with Gasteiger partial charge in [-0.25, -0.2) is 8.42 Å². The van der Waals surface area contributed by atoms with Crippen LogP contribution in [0.15, 0.2) is 17.5 Å². The van der Waals surface area contributed by atoms with Gasteiger partial charge >= 0.3 is 0 Å². The van der Waals surface area contributed by atoms with Crippen LogP contribution in [0.5, 0.6) is 0 Å². The number of nitrogens with zero attached hydrogens (tertiary/aromatic N) is 4. The smallest absolute Gasteiger partial charge is 0.249 e. The second kappa shape index (κ2) is 12.0. The molecule has 0 saturated carbocycles. The lowest BCUT2D eigenvalue weighted by Crippen LogP contribution is -2.55. The van der Waals surface area contributed by atoms with Gasteiger partial charge in [0, 0.05) is 23.4 Å². The van der Waals surface area contributed by atoms with Crippen LogP contribution in [0.1, 0.15) is 42.5 Å². The maximum Gasteiger partial charge on any atom is 0.249 e. The Morgan fingerprint density at radius 1 is 1.19 bits per heavy atom. The van der Waals surface area contributed by atoms with Crippen molar-refractivity contribution in [2.75, 3.05) is 25.0 Å². The van der Waals surface area contributed by atoms with Crippen LogP contribution in [0, 0.1) is 0 Å². The van der Waals surface area contributed by atoms with Crippen molar-refractivity contribution in [2.45, 2.75) is 51.1 Å². The van der Waals surface area contributed by atoms with Crippen LogP contribution in [0.2, 0.25) is 4.34 Å². The molecule has 0 radical (unpaired) electrons. The molecule has 0 aromatic carbocycles. The molecule has 4 heterocycles. The maximum absolute atomic E-state index is 13.1. The standard InChI is InChI=1S/C22H27ClN6O5S3/c1-2-18-25-26-22(36-18)24-20(31)16-6-4-11-29(16)19(30)13-28-10-3-5-15(21(28)32)27-37(33,34)12-9-14-7-8-17(23)35-14/h7-9,12,15-16,27H,2-6,10-11,13H2,1H3,(H,24,26,31)/b12-9+. The minimum atomic E-state index is -3.89. The predicted octanol–water partition coefficient (Wildman–Crippen LogP) is 2.33. The molecule has 0 aliphatic carbocycles. The van der Waals surface area contributed by atoms with E-state index < -0.39 is 28.0 Å².